The van der Waals surface area contributed by atoms with E-state index in [0.717, 1.165) is 29.1 Å². The van der Waals surface area contributed by atoms with Crippen LogP contribution in [0, 0.1) is 0 Å². The molecule has 0 spiro atoms. The second-order valence-electron chi connectivity index (χ2n) is 4.85. The molecule has 1 aromatic heterocycles. The van der Waals surface area contributed by atoms with Crippen molar-refractivity contribution in [3.05, 3.63) is 36.7 Å². The molecule has 0 unspecified atom stereocenters. The standard InChI is InChI=1S/C15H19IN2O2S/c16-9-3-1-2-4-10-18-21(19,20)15-7-5-6-13-12-17-11-8-14(13)15/h5-8,11-12,18H,1-4,9-10H2. The summed E-state index contributed by atoms with van der Waals surface area (Å²) < 4.78 is 28.7. The van der Waals surface area contributed by atoms with Crippen molar-refractivity contribution in [3.8, 4) is 0 Å². The number of pyridine rings is 1. The molecule has 0 bridgehead atoms. The van der Waals surface area contributed by atoms with E-state index in [4.69, 9.17) is 0 Å². The zero-order chi connectivity index (χ0) is 15.1. The summed E-state index contributed by atoms with van der Waals surface area (Å²) in [7, 11) is -3.46. The lowest BCUT2D eigenvalue weighted by molar-refractivity contribution is 0.575. The molecule has 6 heteroatoms. The topological polar surface area (TPSA) is 59.1 Å². The van der Waals surface area contributed by atoms with Crippen molar-refractivity contribution >= 4 is 43.4 Å². The first kappa shape index (κ1) is 16.6. The molecule has 2 aromatic rings. The third kappa shape index (κ3) is 4.62. The fraction of sp³-hybridized carbons (Fsp3) is 0.400. The van der Waals surface area contributed by atoms with E-state index in [1.54, 1.807) is 30.6 Å². The summed E-state index contributed by atoms with van der Waals surface area (Å²) in [5.41, 5.74) is 0. The van der Waals surface area contributed by atoms with E-state index in [2.05, 4.69) is 32.3 Å². The molecule has 0 amide bonds. The maximum atomic E-state index is 12.4. The molecule has 21 heavy (non-hydrogen) atoms. The molecule has 0 aliphatic heterocycles. The molecule has 2 rings (SSSR count). The van der Waals surface area contributed by atoms with Gasteiger partial charge in [-0.3, -0.25) is 4.98 Å². The van der Waals surface area contributed by atoms with Gasteiger partial charge in [0.05, 0.1) is 4.90 Å². The van der Waals surface area contributed by atoms with Gasteiger partial charge in [-0.15, -0.1) is 0 Å². The Balaban J connectivity index is 2.05. The van der Waals surface area contributed by atoms with Crippen LogP contribution >= 0.6 is 22.6 Å². The van der Waals surface area contributed by atoms with Crippen molar-refractivity contribution in [2.45, 2.75) is 30.6 Å². The van der Waals surface area contributed by atoms with Crippen LogP contribution in [-0.2, 0) is 10.0 Å². The summed E-state index contributed by atoms with van der Waals surface area (Å²) in [6.45, 7) is 0.491. The van der Waals surface area contributed by atoms with Crippen LogP contribution < -0.4 is 4.72 Å². The average Bonchev–Trinajstić information content (AvgIpc) is 2.50. The number of hydrogen-bond acceptors (Lipinski definition) is 3. The normalized spacial score (nSPS) is 11.9. The first-order valence-corrected chi connectivity index (χ1v) is 10.0. The highest BCUT2D eigenvalue weighted by Crippen LogP contribution is 2.21. The smallest absolute Gasteiger partial charge is 0.241 e. The summed E-state index contributed by atoms with van der Waals surface area (Å²) in [6, 6.07) is 7.00. The Kier molecular flexibility index (Phi) is 6.38. The van der Waals surface area contributed by atoms with Crippen LogP contribution in [0.15, 0.2) is 41.6 Å². The highest BCUT2D eigenvalue weighted by Gasteiger charge is 2.16. The number of rotatable bonds is 8. The Morgan fingerprint density at radius 1 is 1.10 bits per heavy atom. The van der Waals surface area contributed by atoms with Gasteiger partial charge < -0.3 is 0 Å². The van der Waals surface area contributed by atoms with Gasteiger partial charge in [0.2, 0.25) is 10.0 Å². The van der Waals surface area contributed by atoms with Crippen LogP contribution in [0.4, 0.5) is 0 Å². The molecule has 1 N–H and O–H groups in total. The SMILES string of the molecule is O=S(=O)(NCCCCCCI)c1cccc2cnccc12. The van der Waals surface area contributed by atoms with E-state index < -0.39 is 10.0 Å². The van der Waals surface area contributed by atoms with Crippen LogP contribution in [0.5, 0.6) is 0 Å². The monoisotopic (exact) mass is 418 g/mol. The molecule has 0 fully saturated rings. The zero-order valence-corrected chi connectivity index (χ0v) is 14.7. The maximum absolute atomic E-state index is 12.4. The molecule has 0 atom stereocenters. The molecular weight excluding hydrogens is 399 g/mol. The number of benzene rings is 1. The Morgan fingerprint density at radius 3 is 2.71 bits per heavy atom. The van der Waals surface area contributed by atoms with Crippen LogP contribution in [0.25, 0.3) is 10.8 Å². The van der Waals surface area contributed by atoms with Gasteiger partial charge in [0.15, 0.2) is 0 Å². The second-order valence-corrected chi connectivity index (χ2v) is 7.67. The molecule has 0 saturated heterocycles. The molecule has 1 aromatic carbocycles. The van der Waals surface area contributed by atoms with Crippen molar-refractivity contribution in [1.29, 1.82) is 0 Å². The number of nitrogens with one attached hydrogen (secondary N) is 1. The number of alkyl halides is 1. The van der Waals surface area contributed by atoms with Gasteiger partial charge in [0, 0.05) is 29.7 Å². The lowest BCUT2D eigenvalue weighted by atomic mass is 10.2. The molecule has 0 saturated carbocycles. The quantitative estimate of drug-likeness (QED) is 0.406. The van der Waals surface area contributed by atoms with E-state index >= 15 is 0 Å². The number of halogens is 1. The van der Waals surface area contributed by atoms with Crippen LogP contribution in [0.2, 0.25) is 0 Å². The number of unbranched alkanes of at least 4 members (excludes halogenated alkanes) is 3. The van der Waals surface area contributed by atoms with E-state index in [9.17, 15) is 8.42 Å². The molecule has 4 nitrogen and oxygen atoms in total. The first-order valence-electron chi connectivity index (χ1n) is 7.03. The van der Waals surface area contributed by atoms with Gasteiger partial charge in [-0.2, -0.15) is 0 Å². The largest absolute Gasteiger partial charge is 0.264 e. The van der Waals surface area contributed by atoms with Crippen LogP contribution in [0.1, 0.15) is 25.7 Å². The minimum Gasteiger partial charge on any atom is -0.264 e. The van der Waals surface area contributed by atoms with Gasteiger partial charge >= 0.3 is 0 Å². The van der Waals surface area contributed by atoms with E-state index in [1.165, 1.54) is 6.42 Å². The molecule has 0 aliphatic rings. The van der Waals surface area contributed by atoms with Gasteiger partial charge in [-0.05, 0) is 29.4 Å². The van der Waals surface area contributed by atoms with Crippen molar-refractivity contribution < 1.29 is 8.42 Å². The van der Waals surface area contributed by atoms with Crippen molar-refractivity contribution in [2.24, 2.45) is 0 Å². The fourth-order valence-corrected chi connectivity index (χ4v) is 4.03. The Labute approximate surface area is 139 Å². The molecule has 1 heterocycles. The maximum Gasteiger partial charge on any atom is 0.241 e. The van der Waals surface area contributed by atoms with E-state index in [-0.39, 0.29) is 0 Å². The minimum absolute atomic E-state index is 0.328. The predicted molar refractivity (Wildman–Crippen MR) is 94.3 cm³/mol. The summed E-state index contributed by atoms with van der Waals surface area (Å²) in [5.74, 6) is 0. The fourth-order valence-electron chi connectivity index (χ4n) is 2.18. The molecule has 0 aliphatic carbocycles. The third-order valence-corrected chi connectivity index (χ3v) is 5.56. The first-order chi connectivity index (χ1) is 10.1. The number of aromatic nitrogens is 1. The Hall–Kier alpha value is -0.730. The van der Waals surface area contributed by atoms with Crippen LogP contribution in [0.3, 0.4) is 0 Å². The van der Waals surface area contributed by atoms with Gasteiger partial charge in [0.25, 0.3) is 0 Å². The van der Waals surface area contributed by atoms with Gasteiger partial charge in [0.1, 0.15) is 0 Å². The Bertz CT molecular complexity index is 684. The number of fused-ring (bicyclic) bond motifs is 1. The summed E-state index contributed by atoms with van der Waals surface area (Å²) in [6.07, 6.45) is 7.59. The van der Waals surface area contributed by atoms with Crippen LogP contribution in [-0.4, -0.2) is 24.4 Å². The Morgan fingerprint density at radius 2 is 1.90 bits per heavy atom. The van der Waals surface area contributed by atoms with Crippen molar-refractivity contribution in [3.63, 3.8) is 0 Å². The average molecular weight is 418 g/mol. The van der Waals surface area contributed by atoms with Crippen molar-refractivity contribution in [1.82, 2.24) is 9.71 Å². The lowest BCUT2D eigenvalue weighted by Crippen LogP contribution is -2.25. The number of sulfonamides is 1. The number of nitrogens with zero attached hydrogens (tertiary/aromatic N) is 1. The van der Waals surface area contributed by atoms with E-state index in [1.807, 2.05) is 6.07 Å². The third-order valence-electron chi connectivity index (χ3n) is 3.28. The number of hydrogen-bond donors (Lipinski definition) is 1. The van der Waals surface area contributed by atoms with Gasteiger partial charge in [-0.25, -0.2) is 13.1 Å². The van der Waals surface area contributed by atoms with Gasteiger partial charge in [-0.1, -0.05) is 47.6 Å². The zero-order valence-electron chi connectivity index (χ0n) is 11.8. The lowest BCUT2D eigenvalue weighted by Gasteiger charge is -2.09. The summed E-state index contributed by atoms with van der Waals surface area (Å²) in [4.78, 5) is 4.35. The van der Waals surface area contributed by atoms with E-state index in [0.29, 0.717) is 16.8 Å². The molecular formula is C15H19IN2O2S. The summed E-state index contributed by atoms with van der Waals surface area (Å²) in [5, 5.41) is 1.55. The molecule has 114 valence electrons. The summed E-state index contributed by atoms with van der Waals surface area (Å²) >= 11 is 2.36. The second kappa shape index (κ2) is 8.05. The van der Waals surface area contributed by atoms with Crippen molar-refractivity contribution in [2.75, 3.05) is 11.0 Å². The minimum atomic E-state index is -3.46. The molecule has 0 radical (unpaired) electrons. The highest BCUT2D eigenvalue weighted by molar-refractivity contribution is 14.1. The highest BCUT2D eigenvalue weighted by atomic mass is 127. The predicted octanol–water partition coefficient (Wildman–Crippen LogP) is 3.51.